The molecule has 127 heavy (non-hydrogen) atoms. The van der Waals surface area contributed by atoms with E-state index in [4.69, 9.17) is 153 Å². The van der Waals surface area contributed by atoms with Crippen LogP contribution in [0, 0.1) is 69.0 Å². The van der Waals surface area contributed by atoms with Crippen LogP contribution in [-0.2, 0) is 126 Å². The largest absolute Gasteiger partial charge is 0.490 e. The third kappa shape index (κ3) is 30.9. The molecule has 0 saturated carbocycles. The van der Waals surface area contributed by atoms with Gasteiger partial charge in [0.1, 0.15) is 55.0 Å². The molecular weight excluding hydrogens is 2100 g/mol. The number of aliphatic hydroxyl groups is 4. The summed E-state index contributed by atoms with van der Waals surface area (Å²) in [4.78, 5) is 234. The second-order valence-electron chi connectivity index (χ2n) is 23.4. The molecule has 0 aromatic carbocycles. The van der Waals surface area contributed by atoms with Gasteiger partial charge in [-0.25, -0.2) is 74.0 Å². The highest BCUT2D eigenvalue weighted by Gasteiger charge is 2.62. The van der Waals surface area contributed by atoms with Crippen LogP contribution in [0.2, 0.25) is 0 Å². The standard InChI is InChI=1S/2C12H16ClN2O14P3.C11H13ClFN2O14P3.C10H13ClN3O14P3/c2*1-3-12(13)9(17)7(27-10(12)15-6(2)4-8(16)14-11(15)18)5-26-31(22,23)29-32(24,25)28-30(19,20)21;1-2-11(12)7(16)6(27-9(11)15-3-5(13)8(17)14-10(15)18)4-26-31(22,23)29-32(24,25)28-30(19,20)21;1-2-10(11)7(16)5(26-8(10)14-9(17)13-6(15)3-12-14)4-25-30(21,22)28-31(23,24)27-29(18,19)20/h2*1,4,7,9-10,17H,5H2,2H3,(H,22,23)(H,24,25)(H,14,16,18)(H2,19,20,21);1,3,6-7,9,16H,4H2,(H,22,23)(H,24,25)(H,14,17,18)(H2,19,20,21);1,3,5,7-8,16H,4H2,(H,21,22)(H,23,24)(H,13,15,17)(H2,18,19,20)/t2*7-,9+,10-,12?;6-,7+,9-,11?;5-,7+,8-,10?/m1111/s1/i5D2;;2*4D2. The van der Waals surface area contributed by atoms with Gasteiger partial charge in [0.25, 0.3) is 22.2 Å². The molecule has 4 fully saturated rings. The molecule has 4 aromatic heterocycles. The first-order valence-electron chi connectivity index (χ1n) is 33.6. The van der Waals surface area contributed by atoms with Crippen LogP contribution in [0.3, 0.4) is 0 Å². The average Bonchev–Trinajstić information content (AvgIpc) is 1.59. The maximum absolute atomic E-state index is 13.7. The number of phosphoric ester groups is 4. The van der Waals surface area contributed by atoms with Crippen LogP contribution < -0.4 is 45.0 Å². The number of ether oxygens (including phenoxy) is 4. The van der Waals surface area contributed by atoms with Crippen LogP contribution >= 0.6 is 140 Å². The zero-order valence-corrected chi connectivity index (χ0v) is 74.1. The summed E-state index contributed by atoms with van der Waals surface area (Å²) in [6.07, 6.45) is -3.41. The summed E-state index contributed by atoms with van der Waals surface area (Å²) in [5, 5.41) is 45.2. The number of aromatic nitrogens is 9. The number of hydrogen-bond acceptors (Lipinski definition) is 41. The first kappa shape index (κ1) is 103. The van der Waals surface area contributed by atoms with Crippen LogP contribution in [0.15, 0.2) is 62.9 Å². The number of nitrogens with zero attached hydrogens (tertiary/aromatic N) is 5. The van der Waals surface area contributed by atoms with Crippen LogP contribution in [0.1, 0.15) is 44.5 Å². The molecule has 714 valence electrons. The molecule has 4 saturated heterocycles. The molecule has 0 spiro atoms. The summed E-state index contributed by atoms with van der Waals surface area (Å²) in [7, 11) is -70.2. The first-order chi connectivity index (χ1) is 59.4. The SMILES string of the molecule is C#CC1(Cl)[C@@H](O)[C@@H](COP(=O)(O)OP(=O)(O)OP(=O)(O)O)O[C@H]1n1c(C)cc(=O)[nH]c1=O.[2H]C([2H])(OP(=O)(O)OP(=O)(O)OP(=O)(O)O)[C@H]1O[C@@H](n2c(C)cc(=O)[nH]c2=O)C(Cl)(C#C)[C@H]1O.[2H]C([2H])(OP(=O)(O)OP(=O)(O)OP(=O)(O)O)[C@H]1O[C@@H](n2cc(F)c(=O)[nH]c2=O)C(Cl)(C#C)[C@H]1O.[2H]C([2H])(OP(=O)(O)OP(=O)(O)OP(=O)(O)O)[C@H]1O[C@@H](n2ncc(=O)[nH]c2=O)C(Cl)(C#C)[C@H]1O. The third-order valence-corrected chi connectivity index (χ3v) is 31.1. The van der Waals surface area contributed by atoms with Crippen molar-refractivity contribution in [2.45, 2.75) is 107 Å². The highest BCUT2D eigenvalue weighted by molar-refractivity contribution is 7.68. The average molecular weight is 2160 g/mol. The number of terminal acetylenes is 4. The van der Waals surface area contributed by atoms with Gasteiger partial charge in [0.2, 0.25) is 5.82 Å². The fraction of sp³-hybridized carbons (Fsp3) is 0.489. The number of aryl methyl sites for hydroxylation is 2. The Morgan fingerprint density at radius 1 is 0.417 bits per heavy atom. The van der Waals surface area contributed by atoms with Crippen molar-refractivity contribution < 1.29 is 238 Å². The molecule has 8 heterocycles. The Morgan fingerprint density at radius 2 is 0.693 bits per heavy atom. The van der Waals surface area contributed by atoms with E-state index >= 15 is 0 Å². The van der Waals surface area contributed by atoms with E-state index in [2.05, 4.69) is 57.7 Å². The van der Waals surface area contributed by atoms with E-state index < -0.39 is 264 Å². The third-order valence-electron chi connectivity index (χ3n) is 14.2. The van der Waals surface area contributed by atoms with Crippen LogP contribution in [0.5, 0.6) is 0 Å². The number of aromatic amines is 4. The minimum atomic E-state index is -6.08. The van der Waals surface area contributed by atoms with E-state index in [1.54, 1.807) is 10.9 Å². The molecule has 24 atom stereocenters. The summed E-state index contributed by atoms with van der Waals surface area (Å²) in [6, 6.07) is 1.92. The lowest BCUT2D eigenvalue weighted by atomic mass is 9.99. The number of nitrogens with one attached hydrogen (secondary N) is 4. The van der Waals surface area contributed by atoms with Crippen molar-refractivity contribution in [1.82, 2.24) is 43.4 Å². The molecule has 0 amide bonds. The highest BCUT2D eigenvalue weighted by atomic mass is 35.5. The lowest BCUT2D eigenvalue weighted by Crippen LogP contribution is -2.45. The van der Waals surface area contributed by atoms with Crippen molar-refractivity contribution in [3.05, 3.63) is 125 Å². The molecule has 0 aliphatic carbocycles. The fourth-order valence-corrected chi connectivity index (χ4v) is 22.3. The van der Waals surface area contributed by atoms with E-state index in [1.165, 1.54) is 18.8 Å². The predicted molar refractivity (Wildman–Crippen MR) is 401 cm³/mol. The number of phosphoric acid groups is 12. The molecule has 0 bridgehead atoms. The van der Waals surface area contributed by atoms with Gasteiger partial charge in [-0.2, -0.15) is 48.7 Å². The van der Waals surface area contributed by atoms with E-state index in [-0.39, 0.29) is 22.2 Å². The quantitative estimate of drug-likeness (QED) is 0.0124. The van der Waals surface area contributed by atoms with Gasteiger partial charge in [0.05, 0.1) is 40.7 Å². The van der Waals surface area contributed by atoms with Crippen molar-refractivity contribution in [3.8, 4) is 49.4 Å². The molecule has 12 unspecified atom stereocenters. The van der Waals surface area contributed by atoms with Gasteiger partial charge in [0, 0.05) is 23.5 Å². The molecule has 8 rings (SSSR count). The molecule has 24 N–H and O–H groups in total. The summed E-state index contributed by atoms with van der Waals surface area (Å²) < 4.78 is 264. The normalized spacial score (nSPS) is 30.9. The van der Waals surface area contributed by atoms with Gasteiger partial charge < -0.3 is 118 Å². The Hall–Kier alpha value is -4.70. The van der Waals surface area contributed by atoms with Gasteiger partial charge >= 0.3 is 117 Å². The maximum Gasteiger partial charge on any atom is 0.490 e. The Labute approximate surface area is 726 Å². The minimum Gasteiger partial charge on any atom is -0.387 e. The second kappa shape index (κ2) is 41.6. The topological polar surface area (TPSA) is 989 Å². The van der Waals surface area contributed by atoms with Gasteiger partial charge in [-0.3, -0.25) is 70.9 Å². The van der Waals surface area contributed by atoms with Gasteiger partial charge in [-0.15, -0.1) is 25.7 Å². The van der Waals surface area contributed by atoms with Crippen molar-refractivity contribution in [2.24, 2.45) is 0 Å². The molecule has 0 radical (unpaired) electrons. The van der Waals surface area contributed by atoms with E-state index in [0.717, 1.165) is 16.7 Å². The monoisotopic (exact) mass is 2160 g/mol. The Morgan fingerprint density at radius 3 is 1.00 bits per heavy atom. The summed E-state index contributed by atoms with van der Waals surface area (Å²) >= 11 is 24.6. The zero-order chi connectivity index (χ0) is 103. The lowest BCUT2D eigenvalue weighted by molar-refractivity contribution is -0.0504. The Bertz CT molecular complexity index is 6480. The van der Waals surface area contributed by atoms with Crippen molar-refractivity contribution in [2.75, 3.05) is 26.3 Å². The van der Waals surface area contributed by atoms with E-state index in [0.29, 0.717) is 15.4 Å². The van der Waals surface area contributed by atoms with Gasteiger partial charge in [-0.05, 0) is 13.8 Å². The molecule has 65 nitrogen and oxygen atoms in total. The van der Waals surface area contributed by atoms with Crippen molar-refractivity contribution >= 4 is 140 Å². The molecule has 4 aliphatic heterocycles. The Balaban J connectivity index is 0.000000314. The van der Waals surface area contributed by atoms with Crippen LogP contribution in [0.4, 0.5) is 4.39 Å². The maximum atomic E-state index is 13.7. The number of alkyl halides is 4. The van der Waals surface area contributed by atoms with Crippen LogP contribution in [0.25, 0.3) is 0 Å². The number of rotatable bonds is 32. The molecule has 4 aliphatic rings. The van der Waals surface area contributed by atoms with Crippen LogP contribution in [-0.4, -0.2) is 237 Å². The highest BCUT2D eigenvalue weighted by Crippen LogP contribution is 2.70. The number of aliphatic hydroxyl groups excluding tert-OH is 4. The number of halogens is 5. The Kier molecular flexibility index (Phi) is 33.7. The summed E-state index contributed by atoms with van der Waals surface area (Å²) in [6.45, 7) is -9.50. The first-order valence-corrected chi connectivity index (χ1v) is 50.2. The van der Waals surface area contributed by atoms with Crippen molar-refractivity contribution in [1.29, 1.82) is 0 Å². The smallest absolute Gasteiger partial charge is 0.387 e. The fourth-order valence-electron chi connectivity index (χ4n) is 9.53. The molecule has 82 heteroatoms. The minimum absolute atomic E-state index is 0.0322. The second-order valence-corrected chi connectivity index (χ2v) is 43.4. The summed E-state index contributed by atoms with van der Waals surface area (Å²) in [5.41, 5.74) is -8.80. The van der Waals surface area contributed by atoms with Crippen molar-refractivity contribution in [3.63, 3.8) is 0 Å². The predicted octanol–water partition coefficient (Wildman–Crippen LogP) is -4.85. The number of hydrogen-bond donors (Lipinski definition) is 24. The number of H-pyrrole nitrogens is 4. The molecular formula is C45H58Cl4FN9O56P12. The van der Waals surface area contributed by atoms with E-state index in [1.807, 2.05) is 27.7 Å². The van der Waals surface area contributed by atoms with Gasteiger partial charge in [0.15, 0.2) is 44.4 Å². The van der Waals surface area contributed by atoms with E-state index in [9.17, 15) is 142 Å². The molecule has 4 aromatic rings. The summed E-state index contributed by atoms with van der Waals surface area (Å²) in [5.74, 6) is 5.98. The zero-order valence-electron chi connectivity index (χ0n) is 66.4. The van der Waals surface area contributed by atoms with Gasteiger partial charge in [-0.1, -0.05) is 70.1 Å². The lowest BCUT2D eigenvalue weighted by Gasteiger charge is -2.26.